The third-order valence-electron chi connectivity index (χ3n) is 3.51. The monoisotopic (exact) mass is 230 g/mol. The molecular weight excluding hydrogens is 212 g/mol. The van der Waals surface area contributed by atoms with Crippen molar-refractivity contribution in [1.29, 1.82) is 0 Å². The summed E-state index contributed by atoms with van der Waals surface area (Å²) in [5, 5.41) is 3.44. The highest BCUT2D eigenvalue weighted by molar-refractivity contribution is 5.74. The van der Waals surface area contributed by atoms with E-state index in [1.165, 1.54) is 6.42 Å². The normalized spacial score (nSPS) is 23.1. The third kappa shape index (κ3) is 2.33. The number of hydrogen-bond acceptors (Lipinski definition) is 3. The summed E-state index contributed by atoms with van der Waals surface area (Å²) in [6.45, 7) is 2.69. The van der Waals surface area contributed by atoms with Crippen LogP contribution in [-0.4, -0.2) is 23.1 Å². The molecule has 0 bridgehead atoms. The first kappa shape index (κ1) is 10.7. The van der Waals surface area contributed by atoms with Crippen LogP contribution in [-0.2, 0) is 6.54 Å². The molecule has 1 aliphatic carbocycles. The Labute approximate surface area is 101 Å². The van der Waals surface area contributed by atoms with Gasteiger partial charge in [0.1, 0.15) is 5.82 Å². The number of nitrogens with two attached hydrogens (primary N) is 1. The van der Waals surface area contributed by atoms with E-state index in [4.69, 9.17) is 5.73 Å². The van der Waals surface area contributed by atoms with Gasteiger partial charge in [-0.05, 0) is 43.5 Å². The minimum absolute atomic E-state index is 0.748. The van der Waals surface area contributed by atoms with E-state index < -0.39 is 0 Å². The van der Waals surface area contributed by atoms with Crippen molar-refractivity contribution >= 4 is 11.0 Å². The molecule has 17 heavy (non-hydrogen) atoms. The first-order chi connectivity index (χ1) is 8.36. The highest BCUT2D eigenvalue weighted by atomic mass is 15.0. The number of fused-ring (bicyclic) bond motifs is 1. The second-order valence-corrected chi connectivity index (χ2v) is 4.82. The van der Waals surface area contributed by atoms with Gasteiger partial charge in [0.2, 0.25) is 0 Å². The fourth-order valence-electron chi connectivity index (χ4n) is 2.31. The molecular formula is C13H18N4. The molecule has 1 aromatic carbocycles. The zero-order chi connectivity index (χ0) is 11.7. The van der Waals surface area contributed by atoms with Gasteiger partial charge in [-0.1, -0.05) is 12.1 Å². The molecule has 4 N–H and O–H groups in total. The zero-order valence-electron chi connectivity index (χ0n) is 9.82. The third-order valence-corrected chi connectivity index (χ3v) is 3.51. The van der Waals surface area contributed by atoms with Gasteiger partial charge in [0.15, 0.2) is 0 Å². The average molecular weight is 230 g/mol. The fraction of sp³-hybridized carbons (Fsp3) is 0.462. The summed E-state index contributed by atoms with van der Waals surface area (Å²) in [5.41, 5.74) is 7.76. The minimum atomic E-state index is 0.748. The summed E-state index contributed by atoms with van der Waals surface area (Å²) >= 11 is 0. The summed E-state index contributed by atoms with van der Waals surface area (Å²) in [6.07, 6.45) is 1.28. The number of H-pyrrole nitrogens is 1. The number of imidazole rings is 1. The second kappa shape index (κ2) is 4.47. The van der Waals surface area contributed by atoms with Crippen LogP contribution in [0.1, 0.15) is 12.2 Å². The number of benzene rings is 1. The predicted octanol–water partition coefficient (Wildman–Crippen LogP) is 1.25. The van der Waals surface area contributed by atoms with Crippen LogP contribution in [0.2, 0.25) is 0 Å². The highest BCUT2D eigenvalue weighted by Gasteiger charge is 2.34. The van der Waals surface area contributed by atoms with Gasteiger partial charge < -0.3 is 16.0 Å². The van der Waals surface area contributed by atoms with E-state index in [-0.39, 0.29) is 0 Å². The lowest BCUT2D eigenvalue weighted by Gasteiger charge is -2.00. The molecule has 1 aliphatic rings. The number of rotatable bonds is 5. The predicted molar refractivity (Wildman–Crippen MR) is 68.5 cm³/mol. The zero-order valence-corrected chi connectivity index (χ0v) is 9.82. The lowest BCUT2D eigenvalue weighted by molar-refractivity contribution is 0.590. The van der Waals surface area contributed by atoms with Gasteiger partial charge in [-0.15, -0.1) is 0 Å². The van der Waals surface area contributed by atoms with Crippen molar-refractivity contribution in [3.8, 4) is 0 Å². The molecule has 3 rings (SSSR count). The molecule has 1 heterocycles. The molecule has 1 fully saturated rings. The largest absolute Gasteiger partial charge is 0.341 e. The molecule has 2 aromatic rings. The molecule has 0 unspecified atom stereocenters. The van der Waals surface area contributed by atoms with Crippen LogP contribution in [0.15, 0.2) is 24.3 Å². The van der Waals surface area contributed by atoms with Crippen molar-refractivity contribution in [2.75, 3.05) is 13.1 Å². The molecule has 4 heteroatoms. The van der Waals surface area contributed by atoms with Crippen molar-refractivity contribution in [2.24, 2.45) is 17.6 Å². The molecule has 4 nitrogen and oxygen atoms in total. The Balaban J connectivity index is 1.54. The van der Waals surface area contributed by atoms with Gasteiger partial charge in [0, 0.05) is 0 Å². The lowest BCUT2D eigenvalue weighted by Crippen LogP contribution is -2.18. The van der Waals surface area contributed by atoms with Crippen molar-refractivity contribution < 1.29 is 0 Å². The van der Waals surface area contributed by atoms with E-state index in [1.807, 2.05) is 18.2 Å². The van der Waals surface area contributed by atoms with Crippen LogP contribution >= 0.6 is 0 Å². The maximum Gasteiger partial charge on any atom is 0.121 e. The number of hydrogen-bond donors (Lipinski definition) is 3. The van der Waals surface area contributed by atoms with Crippen LogP contribution in [0.5, 0.6) is 0 Å². The van der Waals surface area contributed by atoms with Crippen LogP contribution < -0.4 is 11.1 Å². The van der Waals surface area contributed by atoms with Crippen molar-refractivity contribution in [1.82, 2.24) is 15.3 Å². The maximum absolute atomic E-state index is 5.61. The van der Waals surface area contributed by atoms with Gasteiger partial charge in [0.05, 0.1) is 17.6 Å². The number of para-hydroxylation sites is 2. The Morgan fingerprint density at radius 3 is 3.00 bits per heavy atom. The SMILES string of the molecule is NC[C@H]1C[C@H]1CNCc1nc2ccccc2[nH]1. The highest BCUT2D eigenvalue weighted by Crippen LogP contribution is 2.36. The van der Waals surface area contributed by atoms with Crippen molar-refractivity contribution in [3.63, 3.8) is 0 Å². The van der Waals surface area contributed by atoms with Crippen molar-refractivity contribution in [2.45, 2.75) is 13.0 Å². The van der Waals surface area contributed by atoms with Gasteiger partial charge >= 0.3 is 0 Å². The molecule has 0 amide bonds. The Kier molecular flexibility index (Phi) is 2.82. The van der Waals surface area contributed by atoms with Gasteiger partial charge in [-0.2, -0.15) is 0 Å². The Hall–Kier alpha value is -1.39. The molecule has 0 radical (unpaired) electrons. The molecule has 1 aromatic heterocycles. The lowest BCUT2D eigenvalue weighted by atomic mass is 10.3. The van der Waals surface area contributed by atoms with Crippen LogP contribution in [0, 0.1) is 11.8 Å². The number of aromatic amines is 1. The smallest absolute Gasteiger partial charge is 0.121 e. The van der Waals surface area contributed by atoms with Gasteiger partial charge in [-0.3, -0.25) is 0 Å². The van der Waals surface area contributed by atoms with Crippen LogP contribution in [0.25, 0.3) is 11.0 Å². The van der Waals surface area contributed by atoms with E-state index in [0.29, 0.717) is 0 Å². The molecule has 0 spiro atoms. The second-order valence-electron chi connectivity index (χ2n) is 4.82. The van der Waals surface area contributed by atoms with Crippen molar-refractivity contribution in [3.05, 3.63) is 30.1 Å². The van der Waals surface area contributed by atoms with E-state index in [2.05, 4.69) is 21.4 Å². The van der Waals surface area contributed by atoms with E-state index in [9.17, 15) is 0 Å². The van der Waals surface area contributed by atoms with E-state index >= 15 is 0 Å². The number of aromatic nitrogens is 2. The number of nitrogens with zero attached hydrogens (tertiary/aromatic N) is 1. The standard InChI is InChI=1S/C13H18N4/c14-6-9-5-10(9)7-15-8-13-16-11-3-1-2-4-12(11)17-13/h1-4,9-10,15H,5-8,14H2,(H,16,17)/t9-,10+/m1/s1. The molecule has 1 saturated carbocycles. The van der Waals surface area contributed by atoms with Crippen LogP contribution in [0.3, 0.4) is 0 Å². The van der Waals surface area contributed by atoms with Gasteiger partial charge in [0.25, 0.3) is 0 Å². The summed E-state index contributed by atoms with van der Waals surface area (Å²) in [7, 11) is 0. The molecule has 0 saturated heterocycles. The van der Waals surface area contributed by atoms with Gasteiger partial charge in [-0.25, -0.2) is 4.98 Å². The molecule has 0 aliphatic heterocycles. The topological polar surface area (TPSA) is 66.7 Å². The molecule has 90 valence electrons. The maximum atomic E-state index is 5.61. The Morgan fingerprint density at radius 2 is 2.24 bits per heavy atom. The Morgan fingerprint density at radius 1 is 1.35 bits per heavy atom. The molecule has 2 atom stereocenters. The first-order valence-electron chi connectivity index (χ1n) is 6.21. The summed E-state index contributed by atoms with van der Waals surface area (Å²) in [4.78, 5) is 7.84. The quantitative estimate of drug-likeness (QED) is 0.724. The summed E-state index contributed by atoms with van der Waals surface area (Å²) < 4.78 is 0. The summed E-state index contributed by atoms with van der Waals surface area (Å²) in [6, 6.07) is 8.11. The van der Waals surface area contributed by atoms with Crippen LogP contribution in [0.4, 0.5) is 0 Å². The van der Waals surface area contributed by atoms with E-state index in [0.717, 1.165) is 48.3 Å². The Bertz CT molecular complexity index is 472. The number of nitrogens with one attached hydrogen (secondary N) is 2. The average Bonchev–Trinajstić information content (AvgIpc) is 2.98. The van der Waals surface area contributed by atoms with E-state index in [1.54, 1.807) is 0 Å². The summed E-state index contributed by atoms with van der Waals surface area (Å²) in [5.74, 6) is 2.54. The fourth-order valence-corrected chi connectivity index (χ4v) is 2.31. The minimum Gasteiger partial charge on any atom is -0.341 e. The first-order valence-corrected chi connectivity index (χ1v) is 6.21.